The first-order valence-electron chi connectivity index (χ1n) is 3.47. The molecule has 0 atom stereocenters. The van der Waals surface area contributed by atoms with Crippen molar-refractivity contribution in [3.05, 3.63) is 39.8 Å². The van der Waals surface area contributed by atoms with Crippen LogP contribution in [0.15, 0.2) is 30.5 Å². The second-order valence-corrected chi connectivity index (χ2v) is 3.63. The number of hydrogen-bond donors (Lipinski definition) is 0. The summed E-state index contributed by atoms with van der Waals surface area (Å²) in [5.41, 5.74) is 0.861. The number of aromatic nitrogens is 1. The molecule has 2 aromatic rings. The van der Waals surface area contributed by atoms with Crippen LogP contribution < -0.4 is 0 Å². The maximum atomic E-state index is 12.7. The van der Waals surface area contributed by atoms with E-state index in [2.05, 4.69) is 27.6 Å². The maximum Gasteiger partial charge on any atom is 0.142 e. The topological polar surface area (TPSA) is 12.9 Å². The number of fused-ring (bicyclic) bond motifs is 1. The standard InChI is InChI=1S/C9H5FIN/c10-7-4-6-2-1-3-8(11)9(6)12-5-7/h1-5H. The summed E-state index contributed by atoms with van der Waals surface area (Å²) in [6, 6.07) is 7.19. The van der Waals surface area contributed by atoms with Gasteiger partial charge in [0.25, 0.3) is 0 Å². The predicted octanol–water partition coefficient (Wildman–Crippen LogP) is 2.98. The van der Waals surface area contributed by atoms with E-state index in [0.717, 1.165) is 14.5 Å². The van der Waals surface area contributed by atoms with Crippen molar-refractivity contribution in [1.29, 1.82) is 0 Å². The van der Waals surface area contributed by atoms with Crippen molar-refractivity contribution < 1.29 is 4.39 Å². The molecular formula is C9H5FIN. The zero-order valence-electron chi connectivity index (χ0n) is 6.09. The molecule has 0 unspecified atom stereocenters. The summed E-state index contributed by atoms with van der Waals surface area (Å²) in [5.74, 6) is -0.287. The van der Waals surface area contributed by atoms with Gasteiger partial charge in [-0.05, 0) is 34.7 Å². The van der Waals surface area contributed by atoms with Gasteiger partial charge in [-0.15, -0.1) is 0 Å². The zero-order valence-corrected chi connectivity index (χ0v) is 8.25. The average molecular weight is 273 g/mol. The summed E-state index contributed by atoms with van der Waals surface area (Å²) in [5, 5.41) is 0.849. The summed E-state index contributed by atoms with van der Waals surface area (Å²) < 4.78 is 13.7. The van der Waals surface area contributed by atoms with E-state index in [0.29, 0.717) is 0 Å². The number of para-hydroxylation sites is 1. The van der Waals surface area contributed by atoms with Crippen molar-refractivity contribution in [2.24, 2.45) is 0 Å². The fourth-order valence-electron chi connectivity index (χ4n) is 1.10. The van der Waals surface area contributed by atoms with E-state index in [1.54, 1.807) is 0 Å². The van der Waals surface area contributed by atoms with Gasteiger partial charge in [0.05, 0.1) is 11.7 Å². The van der Waals surface area contributed by atoms with Gasteiger partial charge in [-0.25, -0.2) is 4.39 Å². The van der Waals surface area contributed by atoms with Crippen LogP contribution in [0, 0.1) is 9.39 Å². The SMILES string of the molecule is Fc1cnc2c(I)cccc2c1. The third-order valence-electron chi connectivity index (χ3n) is 1.63. The summed E-state index contributed by atoms with van der Waals surface area (Å²) >= 11 is 2.18. The molecule has 1 aromatic carbocycles. The van der Waals surface area contributed by atoms with Crippen LogP contribution in [0.1, 0.15) is 0 Å². The Labute approximate surface area is 82.8 Å². The van der Waals surface area contributed by atoms with Gasteiger partial charge >= 0.3 is 0 Å². The molecular weight excluding hydrogens is 268 g/mol. The first-order valence-corrected chi connectivity index (χ1v) is 4.55. The molecule has 0 saturated heterocycles. The Morgan fingerprint density at radius 3 is 3.00 bits per heavy atom. The molecule has 12 heavy (non-hydrogen) atoms. The van der Waals surface area contributed by atoms with Crippen molar-refractivity contribution in [1.82, 2.24) is 4.98 Å². The lowest BCUT2D eigenvalue weighted by Crippen LogP contribution is -1.83. The Bertz CT molecular complexity index is 428. The highest BCUT2D eigenvalue weighted by Gasteiger charge is 1.99. The second-order valence-electron chi connectivity index (χ2n) is 2.47. The van der Waals surface area contributed by atoms with Crippen molar-refractivity contribution in [3.63, 3.8) is 0 Å². The maximum absolute atomic E-state index is 12.7. The molecule has 0 aliphatic rings. The third kappa shape index (κ3) is 1.29. The fourth-order valence-corrected chi connectivity index (χ4v) is 1.76. The normalized spacial score (nSPS) is 10.5. The highest BCUT2D eigenvalue weighted by Crippen LogP contribution is 2.18. The van der Waals surface area contributed by atoms with Crippen LogP contribution in [0.5, 0.6) is 0 Å². The molecule has 1 heterocycles. The molecule has 0 N–H and O–H groups in total. The van der Waals surface area contributed by atoms with Crippen molar-refractivity contribution >= 4 is 33.5 Å². The van der Waals surface area contributed by atoms with Crippen LogP contribution in [-0.2, 0) is 0 Å². The second kappa shape index (κ2) is 2.97. The lowest BCUT2D eigenvalue weighted by molar-refractivity contribution is 0.624. The molecule has 1 aromatic heterocycles. The first kappa shape index (κ1) is 7.91. The molecule has 60 valence electrons. The molecule has 0 radical (unpaired) electrons. The summed E-state index contributed by atoms with van der Waals surface area (Å²) in [6.45, 7) is 0. The zero-order chi connectivity index (χ0) is 8.55. The number of nitrogens with zero attached hydrogens (tertiary/aromatic N) is 1. The van der Waals surface area contributed by atoms with Gasteiger partial charge in [0.2, 0.25) is 0 Å². The molecule has 1 nitrogen and oxygen atoms in total. The Morgan fingerprint density at radius 2 is 2.17 bits per heavy atom. The van der Waals surface area contributed by atoms with Crippen LogP contribution >= 0.6 is 22.6 Å². The third-order valence-corrected chi connectivity index (χ3v) is 2.50. The molecule has 0 aliphatic carbocycles. The average Bonchev–Trinajstić information content (AvgIpc) is 2.04. The van der Waals surface area contributed by atoms with Crippen molar-refractivity contribution in [2.75, 3.05) is 0 Å². The van der Waals surface area contributed by atoms with E-state index in [4.69, 9.17) is 0 Å². The highest BCUT2D eigenvalue weighted by atomic mass is 127. The van der Waals surface area contributed by atoms with Crippen LogP contribution in [0.3, 0.4) is 0 Å². The van der Waals surface area contributed by atoms with E-state index < -0.39 is 0 Å². The summed E-state index contributed by atoms with van der Waals surface area (Å²) in [6.07, 6.45) is 1.24. The van der Waals surface area contributed by atoms with Crippen LogP contribution in [0.2, 0.25) is 0 Å². The Balaban J connectivity index is 2.86. The Hall–Kier alpha value is -0.710. The van der Waals surface area contributed by atoms with Crippen molar-refractivity contribution in [2.45, 2.75) is 0 Å². The monoisotopic (exact) mass is 273 g/mol. The molecule has 0 aliphatic heterocycles. The predicted molar refractivity (Wildman–Crippen MR) is 54.4 cm³/mol. The van der Waals surface area contributed by atoms with Gasteiger partial charge in [0, 0.05) is 8.96 Å². The first-order chi connectivity index (χ1) is 5.77. The van der Waals surface area contributed by atoms with Crippen LogP contribution in [0.25, 0.3) is 10.9 Å². The minimum atomic E-state index is -0.287. The van der Waals surface area contributed by atoms with E-state index in [-0.39, 0.29) is 5.82 Å². The van der Waals surface area contributed by atoms with Gasteiger partial charge in [0.15, 0.2) is 0 Å². The quantitative estimate of drug-likeness (QED) is 0.672. The van der Waals surface area contributed by atoms with Crippen LogP contribution in [0.4, 0.5) is 4.39 Å². The molecule has 0 bridgehead atoms. The van der Waals surface area contributed by atoms with E-state index in [1.807, 2.05) is 18.2 Å². The molecule has 3 heteroatoms. The van der Waals surface area contributed by atoms with E-state index >= 15 is 0 Å². The number of hydrogen-bond acceptors (Lipinski definition) is 1. The summed E-state index contributed by atoms with van der Waals surface area (Å²) in [7, 11) is 0. The fraction of sp³-hybridized carbons (Fsp3) is 0. The molecule has 0 fully saturated rings. The largest absolute Gasteiger partial charge is 0.252 e. The van der Waals surface area contributed by atoms with Gasteiger partial charge in [-0.2, -0.15) is 0 Å². The minimum Gasteiger partial charge on any atom is -0.252 e. The molecule has 0 spiro atoms. The van der Waals surface area contributed by atoms with Gasteiger partial charge in [-0.3, -0.25) is 4.98 Å². The smallest absolute Gasteiger partial charge is 0.142 e. The van der Waals surface area contributed by atoms with E-state index in [1.165, 1.54) is 12.3 Å². The summed E-state index contributed by atoms with van der Waals surface area (Å²) in [4.78, 5) is 4.00. The highest BCUT2D eigenvalue weighted by molar-refractivity contribution is 14.1. The number of rotatable bonds is 0. The van der Waals surface area contributed by atoms with Gasteiger partial charge in [-0.1, -0.05) is 12.1 Å². The van der Waals surface area contributed by atoms with Crippen LogP contribution in [-0.4, -0.2) is 4.98 Å². The number of halogens is 2. The Morgan fingerprint density at radius 1 is 1.33 bits per heavy atom. The van der Waals surface area contributed by atoms with Gasteiger partial charge < -0.3 is 0 Å². The number of pyridine rings is 1. The lowest BCUT2D eigenvalue weighted by Gasteiger charge is -1.97. The Kier molecular flexibility index (Phi) is 1.96. The van der Waals surface area contributed by atoms with Crippen molar-refractivity contribution in [3.8, 4) is 0 Å². The number of benzene rings is 1. The van der Waals surface area contributed by atoms with Gasteiger partial charge in [0.1, 0.15) is 5.82 Å². The van der Waals surface area contributed by atoms with E-state index in [9.17, 15) is 4.39 Å². The lowest BCUT2D eigenvalue weighted by atomic mass is 10.2. The minimum absolute atomic E-state index is 0.287. The molecule has 2 rings (SSSR count). The molecule has 0 amide bonds. The molecule has 0 saturated carbocycles.